The topological polar surface area (TPSA) is 70.7 Å². The summed E-state index contributed by atoms with van der Waals surface area (Å²) in [5.41, 5.74) is 4.82. The lowest BCUT2D eigenvalue weighted by molar-refractivity contribution is -0.121. The number of imidazole rings is 1. The van der Waals surface area contributed by atoms with Crippen molar-refractivity contribution in [2.45, 2.75) is 18.9 Å². The predicted octanol–water partition coefficient (Wildman–Crippen LogP) is 5.33. The number of amides is 1. The largest absolute Gasteiger partial charge is 0.345 e. The SMILES string of the molecule is O=C(Cc1csc(-c2ccccc2)n1)N[C@@H](Cc1ccccc1)c1nc2ccccc2[nH]1. The molecule has 0 radical (unpaired) electrons. The van der Waals surface area contributed by atoms with Gasteiger partial charge in [-0.2, -0.15) is 0 Å². The zero-order chi connectivity index (χ0) is 21.8. The number of nitrogens with zero attached hydrogens (tertiary/aromatic N) is 2. The maximum absolute atomic E-state index is 13.0. The molecule has 1 amide bonds. The predicted molar refractivity (Wildman–Crippen MR) is 128 cm³/mol. The number of hydrogen-bond donors (Lipinski definition) is 2. The van der Waals surface area contributed by atoms with Crippen LogP contribution in [0, 0.1) is 0 Å². The molecular weight excluding hydrogens is 416 g/mol. The molecule has 0 bridgehead atoms. The van der Waals surface area contributed by atoms with E-state index in [0.29, 0.717) is 6.42 Å². The summed E-state index contributed by atoms with van der Waals surface area (Å²) in [6.07, 6.45) is 0.883. The third-order valence-corrected chi connectivity index (χ3v) is 6.21. The number of H-pyrrole nitrogens is 1. The summed E-state index contributed by atoms with van der Waals surface area (Å²) in [7, 11) is 0. The van der Waals surface area contributed by atoms with Gasteiger partial charge < -0.3 is 10.3 Å². The number of hydrogen-bond acceptors (Lipinski definition) is 4. The third-order valence-electron chi connectivity index (χ3n) is 5.27. The van der Waals surface area contributed by atoms with Crippen molar-refractivity contribution in [2.24, 2.45) is 0 Å². The second kappa shape index (κ2) is 9.16. The molecule has 5 rings (SSSR count). The molecule has 0 spiro atoms. The number of carbonyl (C=O) groups is 1. The quantitative estimate of drug-likeness (QED) is 0.361. The van der Waals surface area contributed by atoms with Crippen LogP contribution in [0.2, 0.25) is 0 Å². The van der Waals surface area contributed by atoms with Crippen LogP contribution in [0.3, 0.4) is 0 Å². The smallest absolute Gasteiger partial charge is 0.226 e. The Morgan fingerprint density at radius 3 is 2.41 bits per heavy atom. The highest BCUT2D eigenvalue weighted by Crippen LogP contribution is 2.24. The Bertz CT molecular complexity index is 1290. The molecule has 158 valence electrons. The Morgan fingerprint density at radius 2 is 1.62 bits per heavy atom. The van der Waals surface area contributed by atoms with E-state index in [-0.39, 0.29) is 18.4 Å². The molecule has 0 saturated heterocycles. The van der Waals surface area contributed by atoms with Gasteiger partial charge in [-0.05, 0) is 24.1 Å². The van der Waals surface area contributed by atoms with E-state index < -0.39 is 0 Å². The highest BCUT2D eigenvalue weighted by atomic mass is 32.1. The zero-order valence-electron chi connectivity index (χ0n) is 17.4. The van der Waals surface area contributed by atoms with E-state index in [1.807, 2.05) is 78.2 Å². The molecule has 32 heavy (non-hydrogen) atoms. The van der Waals surface area contributed by atoms with Gasteiger partial charge in [0.05, 0.1) is 29.2 Å². The molecule has 0 fully saturated rings. The second-order valence-electron chi connectivity index (χ2n) is 7.64. The number of fused-ring (bicyclic) bond motifs is 1. The monoisotopic (exact) mass is 438 g/mol. The minimum Gasteiger partial charge on any atom is -0.345 e. The number of aromatic amines is 1. The van der Waals surface area contributed by atoms with E-state index in [1.54, 1.807) is 11.3 Å². The Labute approximate surface area is 190 Å². The lowest BCUT2D eigenvalue weighted by Crippen LogP contribution is -2.32. The number of carbonyl (C=O) groups excluding carboxylic acids is 1. The van der Waals surface area contributed by atoms with E-state index in [2.05, 4.69) is 27.4 Å². The molecule has 0 aliphatic heterocycles. The number of rotatable bonds is 7. The summed E-state index contributed by atoms with van der Waals surface area (Å²) < 4.78 is 0. The van der Waals surface area contributed by atoms with Crippen LogP contribution in [-0.2, 0) is 17.6 Å². The highest BCUT2D eigenvalue weighted by Gasteiger charge is 2.20. The highest BCUT2D eigenvalue weighted by molar-refractivity contribution is 7.13. The van der Waals surface area contributed by atoms with E-state index in [0.717, 1.165) is 38.7 Å². The van der Waals surface area contributed by atoms with Crippen molar-refractivity contribution in [3.63, 3.8) is 0 Å². The van der Waals surface area contributed by atoms with Gasteiger partial charge in [0, 0.05) is 10.9 Å². The average molecular weight is 439 g/mol. The van der Waals surface area contributed by atoms with Crippen LogP contribution in [0.1, 0.15) is 23.1 Å². The lowest BCUT2D eigenvalue weighted by atomic mass is 10.1. The molecule has 0 aliphatic rings. The fraction of sp³-hybridized carbons (Fsp3) is 0.115. The summed E-state index contributed by atoms with van der Waals surface area (Å²) in [6, 6.07) is 27.8. The van der Waals surface area contributed by atoms with Crippen LogP contribution in [0.15, 0.2) is 90.3 Å². The maximum atomic E-state index is 13.0. The zero-order valence-corrected chi connectivity index (χ0v) is 18.2. The fourth-order valence-corrected chi connectivity index (χ4v) is 4.54. The molecule has 2 N–H and O–H groups in total. The Hall–Kier alpha value is -3.77. The van der Waals surface area contributed by atoms with Crippen molar-refractivity contribution in [2.75, 3.05) is 0 Å². The van der Waals surface area contributed by atoms with Crippen LogP contribution in [0.5, 0.6) is 0 Å². The van der Waals surface area contributed by atoms with Gasteiger partial charge in [0.15, 0.2) is 0 Å². The molecule has 0 saturated carbocycles. The Kier molecular flexibility index (Phi) is 5.77. The summed E-state index contributed by atoms with van der Waals surface area (Å²) >= 11 is 1.56. The summed E-state index contributed by atoms with van der Waals surface area (Å²) in [4.78, 5) is 25.7. The van der Waals surface area contributed by atoms with Gasteiger partial charge in [-0.3, -0.25) is 4.79 Å². The minimum atomic E-state index is -0.260. The molecule has 1 atom stereocenters. The van der Waals surface area contributed by atoms with Gasteiger partial charge in [-0.1, -0.05) is 72.8 Å². The number of benzene rings is 3. The molecule has 5 aromatic rings. The van der Waals surface area contributed by atoms with Gasteiger partial charge in [0.25, 0.3) is 0 Å². The number of nitrogens with one attached hydrogen (secondary N) is 2. The van der Waals surface area contributed by atoms with Crippen LogP contribution >= 0.6 is 11.3 Å². The standard InChI is InChI=1S/C26H22N4OS/c31-24(16-20-17-32-26(27-20)19-11-5-2-6-12-19)28-23(15-18-9-3-1-4-10-18)25-29-21-13-7-8-14-22(21)30-25/h1-14,17,23H,15-16H2,(H,28,31)(H,29,30)/t23-/m0/s1. The number of aromatic nitrogens is 3. The van der Waals surface area contributed by atoms with Crippen molar-refractivity contribution >= 4 is 28.3 Å². The van der Waals surface area contributed by atoms with Gasteiger partial charge in [0.2, 0.25) is 5.91 Å². The molecular formula is C26H22N4OS. The lowest BCUT2D eigenvalue weighted by Gasteiger charge is -2.17. The van der Waals surface area contributed by atoms with Gasteiger partial charge in [-0.25, -0.2) is 9.97 Å². The van der Waals surface area contributed by atoms with E-state index in [9.17, 15) is 4.79 Å². The maximum Gasteiger partial charge on any atom is 0.226 e. The van der Waals surface area contributed by atoms with E-state index in [4.69, 9.17) is 4.98 Å². The molecule has 3 aromatic carbocycles. The molecule has 2 heterocycles. The summed E-state index contributed by atoms with van der Waals surface area (Å²) in [6.45, 7) is 0. The van der Waals surface area contributed by atoms with Crippen molar-refractivity contribution in [1.82, 2.24) is 20.3 Å². The van der Waals surface area contributed by atoms with Gasteiger partial charge in [0.1, 0.15) is 10.8 Å². The third kappa shape index (κ3) is 4.60. The van der Waals surface area contributed by atoms with Gasteiger partial charge >= 0.3 is 0 Å². The van der Waals surface area contributed by atoms with Crippen LogP contribution in [-0.4, -0.2) is 20.9 Å². The van der Waals surface area contributed by atoms with Crippen LogP contribution < -0.4 is 5.32 Å². The first kappa shape index (κ1) is 20.2. The van der Waals surface area contributed by atoms with Crippen molar-refractivity contribution in [3.8, 4) is 10.6 Å². The number of thiazole rings is 1. The first-order valence-corrected chi connectivity index (χ1v) is 11.4. The average Bonchev–Trinajstić information content (AvgIpc) is 3.47. The Morgan fingerprint density at radius 1 is 0.906 bits per heavy atom. The molecule has 0 unspecified atom stereocenters. The first-order chi connectivity index (χ1) is 15.7. The van der Waals surface area contributed by atoms with E-state index >= 15 is 0 Å². The fourth-order valence-electron chi connectivity index (χ4n) is 3.71. The van der Waals surface area contributed by atoms with Crippen molar-refractivity contribution in [1.29, 1.82) is 0 Å². The summed E-state index contributed by atoms with van der Waals surface area (Å²) in [5, 5.41) is 6.05. The minimum absolute atomic E-state index is 0.0729. The van der Waals surface area contributed by atoms with Crippen molar-refractivity contribution < 1.29 is 4.79 Å². The number of para-hydroxylation sites is 2. The molecule has 0 aliphatic carbocycles. The van der Waals surface area contributed by atoms with Crippen molar-refractivity contribution in [3.05, 3.63) is 107 Å². The normalized spacial score (nSPS) is 12.0. The first-order valence-electron chi connectivity index (χ1n) is 10.5. The van der Waals surface area contributed by atoms with Crippen LogP contribution in [0.4, 0.5) is 0 Å². The molecule has 5 nitrogen and oxygen atoms in total. The summed E-state index contributed by atoms with van der Waals surface area (Å²) in [5.74, 6) is 0.683. The Balaban J connectivity index is 1.35. The van der Waals surface area contributed by atoms with Gasteiger partial charge in [-0.15, -0.1) is 11.3 Å². The second-order valence-corrected chi connectivity index (χ2v) is 8.49. The van der Waals surface area contributed by atoms with E-state index in [1.165, 1.54) is 0 Å². The van der Waals surface area contributed by atoms with Crippen LogP contribution in [0.25, 0.3) is 21.6 Å². The molecule has 2 aromatic heterocycles. The molecule has 6 heteroatoms.